The highest BCUT2D eigenvalue weighted by Crippen LogP contribution is 2.30. The third kappa shape index (κ3) is 5.50. The van der Waals surface area contributed by atoms with Gasteiger partial charge in [0.2, 0.25) is 5.91 Å². The first-order chi connectivity index (χ1) is 14.5. The van der Waals surface area contributed by atoms with Gasteiger partial charge in [-0.1, -0.05) is 36.0 Å². The van der Waals surface area contributed by atoms with Crippen LogP contribution in [0.5, 0.6) is 11.5 Å². The Kier molecular flexibility index (Phi) is 7.29. The summed E-state index contributed by atoms with van der Waals surface area (Å²) in [5.41, 5.74) is 0.831. The third-order valence-electron chi connectivity index (χ3n) is 4.34. The number of nitrogens with one attached hydrogen (secondary N) is 1. The molecule has 0 spiro atoms. The van der Waals surface area contributed by atoms with E-state index in [1.54, 1.807) is 23.8 Å². The van der Waals surface area contributed by atoms with Crippen LogP contribution in [-0.2, 0) is 18.4 Å². The predicted octanol–water partition coefficient (Wildman–Crippen LogP) is 3.51. The second-order valence-electron chi connectivity index (χ2n) is 6.50. The van der Waals surface area contributed by atoms with Crippen LogP contribution < -0.4 is 14.8 Å². The maximum atomic E-state index is 12.9. The molecule has 0 aliphatic carbocycles. The molecule has 7 nitrogen and oxygen atoms in total. The number of ether oxygens (including phenoxy) is 2. The van der Waals surface area contributed by atoms with E-state index in [4.69, 9.17) is 9.47 Å². The van der Waals surface area contributed by atoms with E-state index in [0.29, 0.717) is 29.0 Å². The van der Waals surface area contributed by atoms with Crippen LogP contribution in [0.25, 0.3) is 0 Å². The Morgan fingerprint density at radius 3 is 2.57 bits per heavy atom. The van der Waals surface area contributed by atoms with Gasteiger partial charge in [-0.2, -0.15) is 0 Å². The number of thioether (sulfide) groups is 1. The van der Waals surface area contributed by atoms with Gasteiger partial charge in [0.25, 0.3) is 0 Å². The van der Waals surface area contributed by atoms with Crippen LogP contribution in [0.4, 0.5) is 4.39 Å². The van der Waals surface area contributed by atoms with Gasteiger partial charge in [0, 0.05) is 13.6 Å². The Morgan fingerprint density at radius 1 is 1.17 bits per heavy atom. The zero-order valence-electron chi connectivity index (χ0n) is 17.0. The lowest BCUT2D eigenvalue weighted by molar-refractivity contribution is -0.118. The molecule has 0 radical (unpaired) electrons. The molecule has 0 aliphatic heterocycles. The van der Waals surface area contributed by atoms with E-state index in [0.717, 1.165) is 5.56 Å². The zero-order chi connectivity index (χ0) is 21.5. The predicted molar refractivity (Wildman–Crippen MR) is 112 cm³/mol. The molecule has 0 fully saturated rings. The molecule has 1 N–H and O–H groups in total. The molecule has 30 heavy (non-hydrogen) atoms. The minimum Gasteiger partial charge on any atom is -0.493 e. The van der Waals surface area contributed by atoms with E-state index >= 15 is 0 Å². The van der Waals surface area contributed by atoms with E-state index in [2.05, 4.69) is 15.5 Å². The molecule has 1 atom stereocenters. The molecule has 1 unspecified atom stereocenters. The second-order valence-corrected chi connectivity index (χ2v) is 7.45. The number of hydrogen-bond acceptors (Lipinski definition) is 6. The highest BCUT2D eigenvalue weighted by Gasteiger charge is 2.19. The first-order valence-corrected chi connectivity index (χ1v) is 10.3. The smallest absolute Gasteiger partial charge is 0.230 e. The number of carbonyl (C=O) groups is 1. The van der Waals surface area contributed by atoms with Crippen LogP contribution in [-0.4, -0.2) is 33.5 Å². The van der Waals surface area contributed by atoms with Gasteiger partial charge in [-0.3, -0.25) is 4.79 Å². The van der Waals surface area contributed by atoms with Crippen molar-refractivity contribution >= 4 is 17.7 Å². The summed E-state index contributed by atoms with van der Waals surface area (Å²) >= 11 is 1.28. The van der Waals surface area contributed by atoms with E-state index in [1.165, 1.54) is 23.9 Å². The summed E-state index contributed by atoms with van der Waals surface area (Å²) in [6, 6.07) is 13.4. The van der Waals surface area contributed by atoms with Gasteiger partial charge in [-0.05, 0) is 36.8 Å². The SMILES string of the molecule is COc1ccccc1OC(C)c1nnc(SCC(=O)NCc2ccc(F)cc2)n1C. The Morgan fingerprint density at radius 2 is 1.87 bits per heavy atom. The summed E-state index contributed by atoms with van der Waals surface area (Å²) in [6.07, 6.45) is -0.361. The summed E-state index contributed by atoms with van der Waals surface area (Å²) in [7, 11) is 3.42. The van der Waals surface area contributed by atoms with Crippen LogP contribution in [0.15, 0.2) is 53.7 Å². The van der Waals surface area contributed by atoms with E-state index in [9.17, 15) is 9.18 Å². The van der Waals surface area contributed by atoms with Crippen LogP contribution in [0.1, 0.15) is 24.4 Å². The first-order valence-electron chi connectivity index (χ1n) is 9.31. The Labute approximate surface area is 178 Å². The molecule has 1 aromatic heterocycles. The molecule has 3 rings (SSSR count). The van der Waals surface area contributed by atoms with Gasteiger partial charge >= 0.3 is 0 Å². The Bertz CT molecular complexity index is 994. The van der Waals surface area contributed by atoms with Gasteiger partial charge in [0.05, 0.1) is 12.9 Å². The largest absolute Gasteiger partial charge is 0.493 e. The highest BCUT2D eigenvalue weighted by atomic mass is 32.2. The fourth-order valence-corrected chi connectivity index (χ4v) is 3.50. The molecule has 2 aromatic carbocycles. The van der Waals surface area contributed by atoms with Crippen LogP contribution in [0, 0.1) is 5.82 Å². The minimum absolute atomic E-state index is 0.146. The van der Waals surface area contributed by atoms with Crippen molar-refractivity contribution in [3.63, 3.8) is 0 Å². The molecule has 9 heteroatoms. The van der Waals surface area contributed by atoms with Crippen LogP contribution >= 0.6 is 11.8 Å². The summed E-state index contributed by atoms with van der Waals surface area (Å²) in [5, 5.41) is 11.8. The van der Waals surface area contributed by atoms with Gasteiger partial charge in [-0.15, -0.1) is 10.2 Å². The third-order valence-corrected chi connectivity index (χ3v) is 5.36. The Balaban J connectivity index is 1.54. The number of carbonyl (C=O) groups excluding carboxylic acids is 1. The van der Waals surface area contributed by atoms with Crippen molar-refractivity contribution in [1.82, 2.24) is 20.1 Å². The average molecular weight is 431 g/mol. The standard InChI is InChI=1S/C21H23FN4O3S/c1-14(29-18-7-5-4-6-17(18)28-3)20-24-25-21(26(20)2)30-13-19(27)23-12-15-8-10-16(22)11-9-15/h4-11,14H,12-13H2,1-3H3,(H,23,27). The molecule has 0 bridgehead atoms. The van der Waals surface area contributed by atoms with Crippen molar-refractivity contribution in [3.05, 3.63) is 65.7 Å². The van der Waals surface area contributed by atoms with Crippen molar-refractivity contribution in [2.75, 3.05) is 12.9 Å². The van der Waals surface area contributed by atoms with Gasteiger partial charge in [0.15, 0.2) is 28.6 Å². The summed E-state index contributed by atoms with van der Waals surface area (Å²) in [5.74, 6) is 1.63. The topological polar surface area (TPSA) is 78.3 Å². The number of benzene rings is 2. The van der Waals surface area contributed by atoms with Gasteiger partial charge in [0.1, 0.15) is 5.82 Å². The lowest BCUT2D eigenvalue weighted by Crippen LogP contribution is -2.24. The van der Waals surface area contributed by atoms with Crippen molar-refractivity contribution < 1.29 is 18.7 Å². The van der Waals surface area contributed by atoms with Crippen LogP contribution in [0.3, 0.4) is 0 Å². The number of nitrogens with zero attached hydrogens (tertiary/aromatic N) is 3. The normalized spacial score (nSPS) is 11.7. The lowest BCUT2D eigenvalue weighted by atomic mass is 10.2. The van der Waals surface area contributed by atoms with Crippen molar-refractivity contribution in [2.45, 2.75) is 24.7 Å². The fraction of sp³-hybridized carbons (Fsp3) is 0.286. The molecule has 1 amide bonds. The molecule has 0 saturated heterocycles. The number of methoxy groups -OCH3 is 1. The molecular weight excluding hydrogens is 407 g/mol. The van der Waals surface area contributed by atoms with Gasteiger partial charge in [-0.25, -0.2) is 4.39 Å². The summed E-state index contributed by atoms with van der Waals surface area (Å²) in [6.45, 7) is 2.22. The molecule has 1 heterocycles. The number of hydrogen-bond donors (Lipinski definition) is 1. The average Bonchev–Trinajstić information content (AvgIpc) is 3.12. The first kappa shape index (κ1) is 21.6. The minimum atomic E-state index is -0.361. The molecule has 0 saturated carbocycles. The van der Waals surface area contributed by atoms with E-state index < -0.39 is 0 Å². The van der Waals surface area contributed by atoms with Gasteiger partial charge < -0.3 is 19.4 Å². The molecule has 3 aromatic rings. The van der Waals surface area contributed by atoms with E-state index in [-0.39, 0.29) is 23.6 Å². The Hall–Kier alpha value is -3.07. The maximum absolute atomic E-state index is 12.9. The summed E-state index contributed by atoms with van der Waals surface area (Å²) in [4.78, 5) is 12.1. The van der Waals surface area contributed by atoms with E-state index in [1.807, 2.05) is 38.2 Å². The number of para-hydroxylation sites is 2. The fourth-order valence-electron chi connectivity index (χ4n) is 2.75. The van der Waals surface area contributed by atoms with Crippen molar-refractivity contribution in [1.29, 1.82) is 0 Å². The van der Waals surface area contributed by atoms with Crippen LogP contribution in [0.2, 0.25) is 0 Å². The molecule has 0 aliphatic rings. The zero-order valence-corrected chi connectivity index (χ0v) is 17.8. The van der Waals surface area contributed by atoms with Crippen molar-refractivity contribution in [2.24, 2.45) is 7.05 Å². The molecule has 158 valence electrons. The number of rotatable bonds is 9. The monoisotopic (exact) mass is 430 g/mol. The maximum Gasteiger partial charge on any atom is 0.230 e. The lowest BCUT2D eigenvalue weighted by Gasteiger charge is -2.16. The van der Waals surface area contributed by atoms with Crippen molar-refractivity contribution in [3.8, 4) is 11.5 Å². The molecular formula is C21H23FN4O3S. The highest BCUT2D eigenvalue weighted by molar-refractivity contribution is 7.99. The number of amides is 1. The number of aromatic nitrogens is 3. The second kappa shape index (κ2) is 10.1. The summed E-state index contributed by atoms with van der Waals surface area (Å²) < 4.78 is 26.0. The quantitative estimate of drug-likeness (QED) is 0.524. The number of halogens is 1.